The third-order valence-electron chi connectivity index (χ3n) is 4.48. The lowest BCUT2D eigenvalue weighted by molar-refractivity contribution is -0.137. The first kappa shape index (κ1) is 20.7. The molecule has 1 saturated heterocycles. The molecule has 1 aromatic heterocycles. The molecule has 26 heavy (non-hydrogen) atoms. The van der Waals surface area contributed by atoms with Crippen LogP contribution in [-0.4, -0.2) is 41.7 Å². The highest BCUT2D eigenvalue weighted by Gasteiger charge is 2.31. The second-order valence-corrected chi connectivity index (χ2v) is 6.49. The number of hydrogen-bond donors (Lipinski definition) is 1. The molecule has 1 fully saturated rings. The van der Waals surface area contributed by atoms with Gasteiger partial charge in [0.15, 0.2) is 5.82 Å². The number of rotatable bonds is 4. The van der Waals surface area contributed by atoms with Gasteiger partial charge in [-0.25, -0.2) is 0 Å². The smallest absolute Gasteiger partial charge is 0.339 e. The summed E-state index contributed by atoms with van der Waals surface area (Å²) in [6.45, 7) is 4.44. The van der Waals surface area contributed by atoms with Crippen molar-refractivity contribution < 1.29 is 17.7 Å². The maximum Gasteiger partial charge on any atom is 0.416 e. The Morgan fingerprint density at radius 1 is 1.38 bits per heavy atom. The van der Waals surface area contributed by atoms with Crippen molar-refractivity contribution in [2.24, 2.45) is 0 Å². The Kier molecular flexibility index (Phi) is 6.65. The zero-order valence-corrected chi connectivity index (χ0v) is 15.4. The molecule has 1 aliphatic rings. The summed E-state index contributed by atoms with van der Waals surface area (Å²) in [5, 5.41) is 7.35. The van der Waals surface area contributed by atoms with Gasteiger partial charge in [-0.1, -0.05) is 30.3 Å². The zero-order chi connectivity index (χ0) is 18.0. The molecule has 1 aromatic carbocycles. The van der Waals surface area contributed by atoms with Crippen LogP contribution in [0, 0.1) is 0 Å². The molecule has 2 heterocycles. The molecule has 2 atom stereocenters. The van der Waals surface area contributed by atoms with Gasteiger partial charge in [0.05, 0.1) is 11.6 Å². The average Bonchev–Trinajstić information content (AvgIpc) is 3.04. The van der Waals surface area contributed by atoms with Gasteiger partial charge < -0.3 is 9.84 Å². The summed E-state index contributed by atoms with van der Waals surface area (Å²) in [7, 11) is 2.01. The molecular formula is C17H22ClF3N4O. The van der Waals surface area contributed by atoms with Crippen molar-refractivity contribution in [2.75, 3.05) is 26.7 Å². The molecule has 2 aromatic rings. The average molecular weight is 391 g/mol. The summed E-state index contributed by atoms with van der Waals surface area (Å²) in [6, 6.07) is 5.40. The minimum absolute atomic E-state index is 0. The standard InChI is InChI=1S/C17H21F3N4O.ClH/c1-11(8-12-4-3-5-13(9-12)17(18,19)20)16-22-15(23-25-16)14-10-21-6-7-24(14)2;/h3-5,9,11,14,21H,6-8,10H2,1-2H3;1H. The molecule has 9 heteroatoms. The second-order valence-electron chi connectivity index (χ2n) is 6.49. The molecule has 0 radical (unpaired) electrons. The lowest BCUT2D eigenvalue weighted by Gasteiger charge is -2.30. The molecule has 1 N–H and O–H groups in total. The van der Waals surface area contributed by atoms with Gasteiger partial charge in [0.2, 0.25) is 5.89 Å². The van der Waals surface area contributed by atoms with Crippen LogP contribution in [-0.2, 0) is 12.6 Å². The SMILES string of the molecule is CC(Cc1cccc(C(F)(F)F)c1)c1nc(C2CNCCN2C)no1.Cl. The fourth-order valence-electron chi connectivity index (χ4n) is 2.99. The maximum atomic E-state index is 12.8. The van der Waals surface area contributed by atoms with Gasteiger partial charge in [-0.2, -0.15) is 18.2 Å². The van der Waals surface area contributed by atoms with E-state index in [0.29, 0.717) is 23.7 Å². The first-order chi connectivity index (χ1) is 11.8. The summed E-state index contributed by atoms with van der Waals surface area (Å²) < 4.78 is 43.8. The fourth-order valence-corrected chi connectivity index (χ4v) is 2.99. The second kappa shape index (κ2) is 8.37. The zero-order valence-electron chi connectivity index (χ0n) is 14.6. The monoisotopic (exact) mass is 390 g/mol. The van der Waals surface area contributed by atoms with E-state index in [4.69, 9.17) is 4.52 Å². The van der Waals surface area contributed by atoms with E-state index in [-0.39, 0.29) is 24.4 Å². The lowest BCUT2D eigenvalue weighted by Crippen LogP contribution is -2.44. The third kappa shape index (κ3) is 4.75. The fraction of sp³-hybridized carbons (Fsp3) is 0.529. The summed E-state index contributed by atoms with van der Waals surface area (Å²) in [5.74, 6) is 0.901. The summed E-state index contributed by atoms with van der Waals surface area (Å²) in [5.41, 5.74) is -0.0446. The van der Waals surface area contributed by atoms with E-state index in [1.165, 1.54) is 12.1 Å². The van der Waals surface area contributed by atoms with Crippen molar-refractivity contribution in [1.82, 2.24) is 20.4 Å². The quantitative estimate of drug-likeness (QED) is 0.866. The van der Waals surface area contributed by atoms with Crippen LogP contribution in [0.2, 0.25) is 0 Å². The summed E-state index contributed by atoms with van der Waals surface area (Å²) >= 11 is 0. The number of aromatic nitrogens is 2. The van der Waals surface area contributed by atoms with Gasteiger partial charge in [0.1, 0.15) is 0 Å². The van der Waals surface area contributed by atoms with E-state index in [1.54, 1.807) is 6.07 Å². The molecule has 5 nitrogen and oxygen atoms in total. The van der Waals surface area contributed by atoms with Crippen LogP contribution < -0.4 is 5.32 Å². The van der Waals surface area contributed by atoms with Crippen LogP contribution in [0.1, 0.15) is 41.7 Å². The number of piperazine rings is 1. The number of likely N-dealkylation sites (N-methyl/N-ethyl adjacent to an activating group) is 1. The Labute approximate surface area is 156 Å². The Bertz CT molecular complexity index is 722. The number of nitrogens with one attached hydrogen (secondary N) is 1. The summed E-state index contributed by atoms with van der Waals surface area (Å²) in [6.07, 6.45) is -3.93. The molecule has 3 rings (SSSR count). The Balaban J connectivity index is 0.00000243. The van der Waals surface area contributed by atoms with Gasteiger partial charge >= 0.3 is 6.18 Å². The Hall–Kier alpha value is -1.64. The van der Waals surface area contributed by atoms with Gasteiger partial charge in [-0.05, 0) is 25.1 Å². The third-order valence-corrected chi connectivity index (χ3v) is 4.48. The Morgan fingerprint density at radius 2 is 2.15 bits per heavy atom. The first-order valence-corrected chi connectivity index (χ1v) is 8.25. The number of hydrogen-bond acceptors (Lipinski definition) is 5. The van der Waals surface area contributed by atoms with Gasteiger partial charge in [0.25, 0.3) is 0 Å². The van der Waals surface area contributed by atoms with Crippen LogP contribution in [0.25, 0.3) is 0 Å². The van der Waals surface area contributed by atoms with Crippen LogP contribution in [0.5, 0.6) is 0 Å². The highest BCUT2D eigenvalue weighted by atomic mass is 35.5. The molecule has 0 bridgehead atoms. The molecular weight excluding hydrogens is 369 g/mol. The maximum absolute atomic E-state index is 12.8. The van der Waals surface area contributed by atoms with Crippen LogP contribution in [0.3, 0.4) is 0 Å². The number of alkyl halides is 3. The van der Waals surface area contributed by atoms with Gasteiger partial charge in [-0.3, -0.25) is 4.90 Å². The van der Waals surface area contributed by atoms with Crippen LogP contribution >= 0.6 is 12.4 Å². The minimum Gasteiger partial charge on any atom is -0.339 e. The van der Waals surface area contributed by atoms with E-state index in [9.17, 15) is 13.2 Å². The van der Waals surface area contributed by atoms with E-state index >= 15 is 0 Å². The van der Waals surface area contributed by atoms with E-state index in [1.807, 2.05) is 14.0 Å². The van der Waals surface area contributed by atoms with Crippen LogP contribution in [0.15, 0.2) is 28.8 Å². The number of halogens is 4. The van der Waals surface area contributed by atoms with Crippen molar-refractivity contribution in [3.05, 3.63) is 47.1 Å². The normalized spacial score (nSPS) is 19.8. The topological polar surface area (TPSA) is 54.2 Å². The molecule has 0 amide bonds. The van der Waals surface area contributed by atoms with Crippen molar-refractivity contribution in [3.63, 3.8) is 0 Å². The van der Waals surface area contributed by atoms with Gasteiger partial charge in [-0.15, -0.1) is 12.4 Å². The van der Waals surface area contributed by atoms with E-state index < -0.39 is 11.7 Å². The van der Waals surface area contributed by atoms with Crippen LogP contribution in [0.4, 0.5) is 13.2 Å². The van der Waals surface area contributed by atoms with Crippen molar-refractivity contribution in [1.29, 1.82) is 0 Å². The van der Waals surface area contributed by atoms with Gasteiger partial charge in [0, 0.05) is 25.6 Å². The van der Waals surface area contributed by atoms with E-state index in [2.05, 4.69) is 20.4 Å². The minimum atomic E-state index is -4.34. The molecule has 1 aliphatic heterocycles. The van der Waals surface area contributed by atoms with E-state index in [0.717, 1.165) is 25.7 Å². The number of nitrogens with zero attached hydrogens (tertiary/aromatic N) is 3. The first-order valence-electron chi connectivity index (χ1n) is 8.25. The van der Waals surface area contributed by atoms with Crippen molar-refractivity contribution in [3.8, 4) is 0 Å². The molecule has 2 unspecified atom stereocenters. The highest BCUT2D eigenvalue weighted by molar-refractivity contribution is 5.85. The molecule has 0 spiro atoms. The predicted octanol–water partition coefficient (Wildman–Crippen LogP) is 3.43. The summed E-state index contributed by atoms with van der Waals surface area (Å²) in [4.78, 5) is 6.63. The molecule has 144 valence electrons. The van der Waals surface area contributed by atoms with Crippen molar-refractivity contribution >= 4 is 12.4 Å². The number of benzene rings is 1. The van der Waals surface area contributed by atoms with Crippen molar-refractivity contribution in [2.45, 2.75) is 31.5 Å². The highest BCUT2D eigenvalue weighted by Crippen LogP contribution is 2.31. The largest absolute Gasteiger partial charge is 0.416 e. The lowest BCUT2D eigenvalue weighted by atomic mass is 9.99. The predicted molar refractivity (Wildman–Crippen MR) is 93.3 cm³/mol. The molecule has 0 saturated carbocycles. The molecule has 0 aliphatic carbocycles. The Morgan fingerprint density at radius 3 is 2.85 bits per heavy atom.